The number of hydrogen-bond acceptors (Lipinski definition) is 5. The average molecular weight is 387 g/mol. The summed E-state index contributed by atoms with van der Waals surface area (Å²) in [6.45, 7) is 4.42. The van der Waals surface area contributed by atoms with Gasteiger partial charge in [-0.2, -0.15) is 5.26 Å². The van der Waals surface area contributed by atoms with E-state index in [1.165, 1.54) is 11.8 Å². The van der Waals surface area contributed by atoms with Gasteiger partial charge in [0.1, 0.15) is 17.4 Å². The Morgan fingerprint density at radius 1 is 1.18 bits per heavy atom. The third kappa shape index (κ3) is 3.26. The summed E-state index contributed by atoms with van der Waals surface area (Å²) in [6, 6.07) is 17.4. The van der Waals surface area contributed by atoms with E-state index < -0.39 is 0 Å². The second-order valence-corrected chi connectivity index (χ2v) is 7.05. The molecule has 2 aromatic heterocycles. The SMILES string of the molecule is C=CCn1c(SC/C(O)=C(\C#N)c2nc3ccccc3[nH]2)nc2ccccc21. The van der Waals surface area contributed by atoms with Gasteiger partial charge in [0.2, 0.25) is 0 Å². The molecule has 6 nitrogen and oxygen atoms in total. The molecule has 0 aliphatic heterocycles. The highest BCUT2D eigenvalue weighted by atomic mass is 32.2. The molecular weight excluding hydrogens is 370 g/mol. The van der Waals surface area contributed by atoms with E-state index in [1.807, 2.05) is 59.2 Å². The van der Waals surface area contributed by atoms with Crippen molar-refractivity contribution in [3.8, 4) is 6.07 Å². The second kappa shape index (κ2) is 7.62. The van der Waals surface area contributed by atoms with E-state index >= 15 is 0 Å². The van der Waals surface area contributed by atoms with Gasteiger partial charge in [-0.3, -0.25) is 0 Å². The van der Waals surface area contributed by atoms with Crippen molar-refractivity contribution in [3.63, 3.8) is 0 Å². The number of allylic oxidation sites excluding steroid dienone is 2. The summed E-state index contributed by atoms with van der Waals surface area (Å²) in [5.41, 5.74) is 3.59. The van der Waals surface area contributed by atoms with Crippen LogP contribution >= 0.6 is 11.8 Å². The van der Waals surface area contributed by atoms with Gasteiger partial charge in [0.05, 0.1) is 27.8 Å². The minimum Gasteiger partial charge on any atom is -0.510 e. The Morgan fingerprint density at radius 3 is 2.68 bits per heavy atom. The quantitative estimate of drug-likeness (QED) is 0.217. The van der Waals surface area contributed by atoms with Crippen LogP contribution in [0.4, 0.5) is 0 Å². The largest absolute Gasteiger partial charge is 0.510 e. The lowest BCUT2D eigenvalue weighted by molar-refractivity contribution is 0.420. The Bertz CT molecular complexity index is 1210. The maximum Gasteiger partial charge on any atom is 0.169 e. The van der Waals surface area contributed by atoms with Crippen LogP contribution in [0, 0.1) is 11.3 Å². The smallest absolute Gasteiger partial charge is 0.169 e. The van der Waals surface area contributed by atoms with E-state index in [4.69, 9.17) is 0 Å². The number of hydrogen-bond donors (Lipinski definition) is 2. The summed E-state index contributed by atoms with van der Waals surface area (Å²) in [4.78, 5) is 12.1. The third-order valence-corrected chi connectivity index (χ3v) is 5.28. The van der Waals surface area contributed by atoms with Gasteiger partial charge in [-0.15, -0.1) is 6.58 Å². The Morgan fingerprint density at radius 2 is 1.93 bits per heavy atom. The van der Waals surface area contributed by atoms with E-state index in [1.54, 1.807) is 0 Å². The first-order chi connectivity index (χ1) is 13.7. The van der Waals surface area contributed by atoms with Gasteiger partial charge in [0, 0.05) is 6.54 Å². The van der Waals surface area contributed by atoms with Gasteiger partial charge in [-0.05, 0) is 24.3 Å². The van der Waals surface area contributed by atoms with Crippen molar-refractivity contribution in [2.45, 2.75) is 11.7 Å². The lowest BCUT2D eigenvalue weighted by atomic mass is 10.2. The number of nitrogens with zero attached hydrogens (tertiary/aromatic N) is 4. The number of aromatic amines is 1. The topological polar surface area (TPSA) is 90.5 Å². The molecule has 2 N–H and O–H groups in total. The van der Waals surface area contributed by atoms with E-state index in [0.717, 1.165) is 27.2 Å². The fourth-order valence-corrected chi connectivity index (χ4v) is 3.90. The van der Waals surface area contributed by atoms with Crippen LogP contribution in [0.5, 0.6) is 0 Å². The lowest BCUT2D eigenvalue weighted by Gasteiger charge is -2.06. The number of imidazole rings is 2. The highest BCUT2D eigenvalue weighted by Gasteiger charge is 2.16. The summed E-state index contributed by atoms with van der Waals surface area (Å²) < 4.78 is 2.04. The maximum absolute atomic E-state index is 10.6. The van der Waals surface area contributed by atoms with E-state index in [9.17, 15) is 10.4 Å². The highest BCUT2D eigenvalue weighted by Crippen LogP contribution is 2.27. The van der Waals surface area contributed by atoms with Gasteiger partial charge in [-0.25, -0.2) is 9.97 Å². The van der Waals surface area contributed by atoms with Crippen molar-refractivity contribution in [3.05, 3.63) is 72.8 Å². The molecule has 0 amide bonds. The molecule has 0 saturated carbocycles. The zero-order valence-electron chi connectivity index (χ0n) is 15.0. The standard InChI is InChI=1S/C21H17N5OS/c1-2-11-26-18-10-6-5-9-17(18)25-21(26)28-13-19(27)14(12-22)20-23-15-7-3-4-8-16(15)24-20/h2-10,27H,1,11,13H2,(H,23,24)/b19-14-. The van der Waals surface area contributed by atoms with Crippen LogP contribution in [0.2, 0.25) is 0 Å². The van der Waals surface area contributed by atoms with Crippen LogP contribution in [0.15, 0.2) is 72.1 Å². The number of nitrogens with one attached hydrogen (secondary N) is 1. The molecule has 2 aromatic carbocycles. The monoisotopic (exact) mass is 387 g/mol. The zero-order valence-corrected chi connectivity index (χ0v) is 15.8. The lowest BCUT2D eigenvalue weighted by Crippen LogP contribution is -2.00. The van der Waals surface area contributed by atoms with Gasteiger partial charge >= 0.3 is 0 Å². The molecule has 0 radical (unpaired) electrons. The first-order valence-corrected chi connectivity index (χ1v) is 9.66. The zero-order chi connectivity index (χ0) is 19.5. The minimum atomic E-state index is -0.0382. The fraction of sp³-hybridized carbons (Fsp3) is 0.0952. The summed E-state index contributed by atoms with van der Waals surface area (Å²) in [5, 5.41) is 20.9. The normalized spacial score (nSPS) is 12.1. The molecule has 0 atom stereocenters. The second-order valence-electron chi connectivity index (χ2n) is 6.11. The van der Waals surface area contributed by atoms with Crippen molar-refractivity contribution in [1.29, 1.82) is 5.26 Å². The number of aliphatic hydroxyl groups excluding tert-OH is 1. The molecule has 0 spiro atoms. The Kier molecular flexibility index (Phi) is 4.87. The number of para-hydroxylation sites is 4. The molecular formula is C21H17N5OS. The first-order valence-electron chi connectivity index (χ1n) is 8.67. The predicted octanol–water partition coefficient (Wildman–Crippen LogP) is 4.68. The molecule has 0 unspecified atom stereocenters. The van der Waals surface area contributed by atoms with Crippen molar-refractivity contribution in [1.82, 2.24) is 19.5 Å². The summed E-state index contributed by atoms with van der Waals surface area (Å²) >= 11 is 1.37. The molecule has 28 heavy (non-hydrogen) atoms. The van der Waals surface area contributed by atoms with E-state index in [0.29, 0.717) is 12.4 Å². The van der Waals surface area contributed by atoms with Crippen molar-refractivity contribution < 1.29 is 5.11 Å². The molecule has 138 valence electrons. The maximum atomic E-state index is 10.6. The average Bonchev–Trinajstić information content (AvgIpc) is 3.29. The van der Waals surface area contributed by atoms with Crippen LogP contribution in [-0.4, -0.2) is 30.4 Å². The minimum absolute atomic E-state index is 0.0382. The van der Waals surface area contributed by atoms with Crippen molar-refractivity contribution in [2.24, 2.45) is 0 Å². The van der Waals surface area contributed by atoms with Gasteiger partial charge in [0.15, 0.2) is 11.0 Å². The number of rotatable bonds is 6. The summed E-state index contributed by atoms with van der Waals surface area (Å²) in [6.07, 6.45) is 1.81. The van der Waals surface area contributed by atoms with E-state index in [-0.39, 0.29) is 17.1 Å². The third-order valence-electron chi connectivity index (χ3n) is 4.30. The Balaban J connectivity index is 1.64. The van der Waals surface area contributed by atoms with Gasteiger partial charge < -0.3 is 14.7 Å². The highest BCUT2D eigenvalue weighted by molar-refractivity contribution is 7.99. The number of thioether (sulfide) groups is 1. The van der Waals surface area contributed by atoms with Crippen molar-refractivity contribution >= 4 is 39.4 Å². The molecule has 0 bridgehead atoms. The Hall–Kier alpha value is -3.50. The van der Waals surface area contributed by atoms with Crippen LogP contribution in [-0.2, 0) is 6.54 Å². The fourth-order valence-electron chi connectivity index (χ4n) is 3.00. The molecule has 0 aliphatic carbocycles. The molecule has 0 saturated heterocycles. The van der Waals surface area contributed by atoms with Crippen LogP contribution in [0.25, 0.3) is 27.6 Å². The number of aliphatic hydroxyl groups is 1. The number of aromatic nitrogens is 4. The van der Waals surface area contributed by atoms with Crippen LogP contribution in [0.1, 0.15) is 5.82 Å². The summed E-state index contributed by atoms with van der Waals surface area (Å²) in [7, 11) is 0. The molecule has 0 aliphatic rings. The number of fused-ring (bicyclic) bond motifs is 2. The first kappa shape index (κ1) is 17.9. The molecule has 2 heterocycles. The van der Waals surface area contributed by atoms with Crippen molar-refractivity contribution in [2.75, 3.05) is 5.75 Å². The van der Waals surface area contributed by atoms with E-state index in [2.05, 4.69) is 27.6 Å². The number of nitriles is 1. The molecule has 4 rings (SSSR count). The Labute approximate surface area is 165 Å². The number of benzene rings is 2. The molecule has 0 fully saturated rings. The number of H-pyrrole nitrogens is 1. The molecule has 7 heteroatoms. The summed E-state index contributed by atoms with van der Waals surface area (Å²) in [5.74, 6) is 0.533. The predicted molar refractivity (Wildman–Crippen MR) is 112 cm³/mol. The van der Waals surface area contributed by atoms with Gasteiger partial charge in [-0.1, -0.05) is 42.1 Å². The molecule has 4 aromatic rings. The van der Waals surface area contributed by atoms with Gasteiger partial charge in [0.25, 0.3) is 0 Å². The van der Waals surface area contributed by atoms with Crippen LogP contribution < -0.4 is 0 Å². The van der Waals surface area contributed by atoms with Crippen LogP contribution in [0.3, 0.4) is 0 Å².